The molecule has 2 aromatic heterocycles. The molecular weight excluding hydrogens is 236 g/mol. The molecule has 0 aliphatic heterocycles. The van der Waals surface area contributed by atoms with Gasteiger partial charge in [-0.2, -0.15) is 0 Å². The summed E-state index contributed by atoms with van der Waals surface area (Å²) >= 11 is 5.69. The van der Waals surface area contributed by atoms with E-state index in [1.54, 1.807) is 12.4 Å². The molecule has 17 heavy (non-hydrogen) atoms. The van der Waals surface area contributed by atoms with Crippen LogP contribution in [0.1, 0.15) is 13.3 Å². The topological polar surface area (TPSA) is 50.7 Å². The van der Waals surface area contributed by atoms with Crippen molar-refractivity contribution in [1.82, 2.24) is 15.0 Å². The zero-order chi connectivity index (χ0) is 12.1. The van der Waals surface area contributed by atoms with Gasteiger partial charge in [-0.15, -0.1) is 11.6 Å². The van der Waals surface area contributed by atoms with Gasteiger partial charge in [0.25, 0.3) is 0 Å². The summed E-state index contributed by atoms with van der Waals surface area (Å²) in [6.07, 6.45) is 4.32. The number of nitrogens with one attached hydrogen (secondary N) is 1. The van der Waals surface area contributed by atoms with Crippen molar-refractivity contribution in [2.75, 3.05) is 17.7 Å². The Morgan fingerprint density at radius 3 is 2.94 bits per heavy atom. The highest BCUT2D eigenvalue weighted by atomic mass is 35.5. The molecule has 2 aromatic rings. The Balaban J connectivity index is 2.04. The normalized spacial score (nSPS) is 12.6. The first-order valence-electron chi connectivity index (χ1n) is 5.67. The lowest BCUT2D eigenvalue weighted by Crippen LogP contribution is -2.12. The van der Waals surface area contributed by atoms with E-state index in [9.17, 15) is 0 Å². The number of halogens is 1. The van der Waals surface area contributed by atoms with Crippen molar-refractivity contribution < 1.29 is 0 Å². The monoisotopic (exact) mass is 250 g/mol. The van der Waals surface area contributed by atoms with Crippen LogP contribution >= 0.6 is 11.6 Å². The maximum atomic E-state index is 5.69. The molecule has 1 atom stereocenters. The van der Waals surface area contributed by atoms with E-state index in [1.807, 2.05) is 12.1 Å². The number of pyridine rings is 1. The van der Waals surface area contributed by atoms with Crippen LogP contribution in [0.25, 0.3) is 11.2 Å². The van der Waals surface area contributed by atoms with Gasteiger partial charge in [-0.05, 0) is 24.5 Å². The van der Waals surface area contributed by atoms with Gasteiger partial charge in [-0.1, -0.05) is 6.92 Å². The predicted molar refractivity (Wildman–Crippen MR) is 70.3 cm³/mol. The lowest BCUT2D eigenvalue weighted by Gasteiger charge is -2.11. The molecule has 2 rings (SSSR count). The molecule has 0 fully saturated rings. The molecule has 0 aliphatic carbocycles. The summed E-state index contributed by atoms with van der Waals surface area (Å²) in [4.78, 5) is 12.7. The summed E-state index contributed by atoms with van der Waals surface area (Å²) in [5.74, 6) is 2.06. The van der Waals surface area contributed by atoms with E-state index >= 15 is 0 Å². The van der Waals surface area contributed by atoms with E-state index in [4.69, 9.17) is 11.6 Å². The lowest BCUT2D eigenvalue weighted by atomic mass is 10.1. The van der Waals surface area contributed by atoms with Gasteiger partial charge < -0.3 is 5.32 Å². The van der Waals surface area contributed by atoms with E-state index in [-0.39, 0.29) is 0 Å². The van der Waals surface area contributed by atoms with Gasteiger partial charge in [0.1, 0.15) is 11.3 Å². The average molecular weight is 251 g/mol. The van der Waals surface area contributed by atoms with Crippen molar-refractivity contribution in [1.29, 1.82) is 0 Å². The molecule has 1 unspecified atom stereocenters. The first kappa shape index (κ1) is 12.0. The number of alkyl halides is 1. The van der Waals surface area contributed by atoms with Crippen molar-refractivity contribution in [3.05, 3.63) is 24.5 Å². The highest BCUT2D eigenvalue weighted by Gasteiger charge is 2.03. The highest BCUT2D eigenvalue weighted by molar-refractivity contribution is 6.17. The van der Waals surface area contributed by atoms with Crippen molar-refractivity contribution in [3.8, 4) is 0 Å². The van der Waals surface area contributed by atoms with Gasteiger partial charge >= 0.3 is 0 Å². The Hall–Kier alpha value is -1.42. The summed E-state index contributed by atoms with van der Waals surface area (Å²) in [5, 5.41) is 3.28. The van der Waals surface area contributed by atoms with Crippen molar-refractivity contribution in [3.63, 3.8) is 0 Å². The van der Waals surface area contributed by atoms with Crippen molar-refractivity contribution >= 4 is 28.6 Å². The molecule has 0 spiro atoms. The third-order valence-electron chi connectivity index (χ3n) is 2.57. The van der Waals surface area contributed by atoms with Gasteiger partial charge in [0.15, 0.2) is 5.65 Å². The van der Waals surface area contributed by atoms with Crippen LogP contribution in [0.5, 0.6) is 0 Å². The van der Waals surface area contributed by atoms with Gasteiger partial charge in [0.2, 0.25) is 0 Å². The van der Waals surface area contributed by atoms with E-state index in [2.05, 4.69) is 27.2 Å². The van der Waals surface area contributed by atoms with Gasteiger partial charge in [0.05, 0.1) is 0 Å². The summed E-state index contributed by atoms with van der Waals surface area (Å²) in [6.45, 7) is 3.03. The SMILES string of the molecule is CC(CCCl)CNc1ccc2nccnc2n1. The molecule has 5 heteroatoms. The van der Waals surface area contributed by atoms with E-state index in [1.165, 1.54) is 0 Å². The van der Waals surface area contributed by atoms with Crippen LogP contribution in [0.15, 0.2) is 24.5 Å². The molecule has 90 valence electrons. The Morgan fingerprint density at radius 1 is 1.29 bits per heavy atom. The van der Waals surface area contributed by atoms with Crippen molar-refractivity contribution in [2.45, 2.75) is 13.3 Å². The Morgan fingerprint density at radius 2 is 2.12 bits per heavy atom. The Kier molecular flexibility index (Phi) is 4.09. The molecule has 0 saturated carbocycles. The molecule has 2 heterocycles. The summed E-state index contributed by atoms with van der Waals surface area (Å²) in [5.41, 5.74) is 1.48. The van der Waals surface area contributed by atoms with E-state index in [0.29, 0.717) is 17.4 Å². The first-order chi connectivity index (χ1) is 8.29. The Labute approximate surface area is 105 Å². The summed E-state index contributed by atoms with van der Waals surface area (Å²) in [6, 6.07) is 3.84. The number of rotatable bonds is 5. The number of anilines is 1. The molecule has 0 bridgehead atoms. The summed E-state index contributed by atoms with van der Waals surface area (Å²) < 4.78 is 0. The fourth-order valence-corrected chi connectivity index (χ4v) is 1.89. The van der Waals surface area contributed by atoms with Gasteiger partial charge in [-0.3, -0.25) is 4.98 Å². The largest absolute Gasteiger partial charge is 0.370 e. The minimum atomic E-state index is 0.534. The lowest BCUT2D eigenvalue weighted by molar-refractivity contribution is 0.596. The second-order valence-corrected chi connectivity index (χ2v) is 4.44. The van der Waals surface area contributed by atoms with Crippen LogP contribution in [0.4, 0.5) is 5.82 Å². The summed E-state index contributed by atoms with van der Waals surface area (Å²) in [7, 11) is 0. The van der Waals surface area contributed by atoms with Crippen LogP contribution in [0, 0.1) is 5.92 Å². The second kappa shape index (κ2) is 5.77. The fraction of sp³-hybridized carbons (Fsp3) is 0.417. The number of aromatic nitrogens is 3. The van der Waals surface area contributed by atoms with Gasteiger partial charge in [0, 0.05) is 24.8 Å². The third kappa shape index (κ3) is 3.27. The van der Waals surface area contributed by atoms with Crippen LogP contribution in [-0.2, 0) is 0 Å². The Bertz CT molecular complexity index is 489. The number of hydrogen-bond acceptors (Lipinski definition) is 4. The zero-order valence-corrected chi connectivity index (χ0v) is 10.5. The molecule has 0 amide bonds. The first-order valence-corrected chi connectivity index (χ1v) is 6.20. The quantitative estimate of drug-likeness (QED) is 0.829. The standard InChI is InChI=1S/C12H15ClN4/c1-9(4-5-13)8-16-11-3-2-10-12(17-11)15-7-6-14-10/h2-3,6-7,9H,4-5,8H2,1H3,(H,15,16,17). The molecular formula is C12H15ClN4. The smallest absolute Gasteiger partial charge is 0.180 e. The molecule has 1 N–H and O–H groups in total. The molecule has 0 radical (unpaired) electrons. The predicted octanol–water partition coefficient (Wildman–Crippen LogP) is 2.70. The maximum Gasteiger partial charge on any atom is 0.180 e. The minimum absolute atomic E-state index is 0.534. The maximum absolute atomic E-state index is 5.69. The van der Waals surface area contributed by atoms with Crippen LogP contribution < -0.4 is 5.32 Å². The number of nitrogens with zero attached hydrogens (tertiary/aromatic N) is 3. The third-order valence-corrected chi connectivity index (χ3v) is 2.78. The zero-order valence-electron chi connectivity index (χ0n) is 9.73. The van der Waals surface area contributed by atoms with Crippen LogP contribution in [0.3, 0.4) is 0 Å². The molecule has 0 aliphatic rings. The van der Waals surface area contributed by atoms with E-state index in [0.717, 1.165) is 24.3 Å². The van der Waals surface area contributed by atoms with Crippen LogP contribution in [-0.4, -0.2) is 27.4 Å². The molecule has 0 aromatic carbocycles. The number of fused-ring (bicyclic) bond motifs is 1. The highest BCUT2D eigenvalue weighted by Crippen LogP contribution is 2.11. The molecule has 0 saturated heterocycles. The second-order valence-electron chi connectivity index (χ2n) is 4.06. The van der Waals surface area contributed by atoms with Gasteiger partial charge in [-0.25, -0.2) is 9.97 Å². The molecule has 4 nitrogen and oxygen atoms in total. The average Bonchev–Trinajstić information content (AvgIpc) is 2.36. The van der Waals surface area contributed by atoms with Crippen molar-refractivity contribution in [2.24, 2.45) is 5.92 Å². The van der Waals surface area contributed by atoms with E-state index < -0.39 is 0 Å². The minimum Gasteiger partial charge on any atom is -0.370 e. The van der Waals surface area contributed by atoms with Crippen LogP contribution in [0.2, 0.25) is 0 Å². The number of hydrogen-bond donors (Lipinski definition) is 1. The fourth-order valence-electron chi connectivity index (χ4n) is 1.52.